The first-order chi connectivity index (χ1) is 16.3. The van der Waals surface area contributed by atoms with Gasteiger partial charge in [0.1, 0.15) is 0 Å². The fraction of sp³-hybridized carbons (Fsp3) is 0.583. The molecule has 10 nitrogen and oxygen atoms in total. The normalized spacial score (nSPS) is 13.0. The SMILES string of the molecule is CCCCNC(=O)OCCC(N)(CCOC(=O)NCCCC)CN1C(=O)c2ccccc2C1=O. The van der Waals surface area contributed by atoms with Gasteiger partial charge < -0.3 is 25.8 Å². The first kappa shape index (κ1) is 27.1. The lowest BCUT2D eigenvalue weighted by atomic mass is 9.92. The summed E-state index contributed by atoms with van der Waals surface area (Å²) in [5.41, 5.74) is 6.11. The zero-order valence-electron chi connectivity index (χ0n) is 20.1. The van der Waals surface area contributed by atoms with E-state index in [1.54, 1.807) is 24.3 Å². The Hall–Kier alpha value is -3.14. The van der Waals surface area contributed by atoms with Gasteiger partial charge in [0.25, 0.3) is 11.8 Å². The predicted molar refractivity (Wildman–Crippen MR) is 126 cm³/mol. The number of hydrogen-bond donors (Lipinski definition) is 3. The highest BCUT2D eigenvalue weighted by Gasteiger charge is 2.40. The number of imide groups is 1. The van der Waals surface area contributed by atoms with Crippen LogP contribution in [0.3, 0.4) is 0 Å². The van der Waals surface area contributed by atoms with Crippen molar-refractivity contribution < 1.29 is 28.7 Å². The van der Waals surface area contributed by atoms with Crippen molar-refractivity contribution in [2.24, 2.45) is 5.73 Å². The molecule has 2 rings (SSSR count). The van der Waals surface area contributed by atoms with Crippen LogP contribution in [0.1, 0.15) is 73.1 Å². The minimum Gasteiger partial charge on any atom is -0.449 e. The van der Waals surface area contributed by atoms with E-state index in [4.69, 9.17) is 15.2 Å². The van der Waals surface area contributed by atoms with Crippen molar-refractivity contribution in [1.29, 1.82) is 0 Å². The highest BCUT2D eigenvalue weighted by atomic mass is 16.6. The predicted octanol–water partition coefficient (Wildman–Crippen LogP) is 2.81. The molecule has 0 fully saturated rings. The maximum absolute atomic E-state index is 12.8. The Kier molecular flexibility index (Phi) is 10.8. The summed E-state index contributed by atoms with van der Waals surface area (Å²) in [6.07, 6.45) is 2.80. The summed E-state index contributed by atoms with van der Waals surface area (Å²) in [6.45, 7) is 4.93. The minimum absolute atomic E-state index is 0.0136. The number of fused-ring (bicyclic) bond motifs is 1. The average Bonchev–Trinajstić information content (AvgIpc) is 3.04. The molecule has 1 aromatic carbocycles. The number of nitrogens with two attached hydrogens (primary N) is 1. The Morgan fingerprint density at radius 2 is 1.32 bits per heavy atom. The van der Waals surface area contributed by atoms with Crippen LogP contribution in [0.2, 0.25) is 0 Å². The summed E-state index contributed by atoms with van der Waals surface area (Å²) in [6, 6.07) is 6.58. The van der Waals surface area contributed by atoms with Gasteiger partial charge in [0.05, 0.1) is 24.3 Å². The number of alkyl carbamates (subject to hydrolysis) is 2. The molecule has 0 aliphatic carbocycles. The molecule has 4 amide bonds. The van der Waals surface area contributed by atoms with Crippen molar-refractivity contribution in [3.63, 3.8) is 0 Å². The quantitative estimate of drug-likeness (QED) is 0.277. The molecule has 0 unspecified atom stereocenters. The van der Waals surface area contributed by atoms with Crippen LogP contribution in [0.15, 0.2) is 24.3 Å². The monoisotopic (exact) mass is 476 g/mol. The zero-order chi connectivity index (χ0) is 25.0. The van der Waals surface area contributed by atoms with Crippen LogP contribution >= 0.6 is 0 Å². The smallest absolute Gasteiger partial charge is 0.407 e. The highest BCUT2D eigenvalue weighted by molar-refractivity contribution is 6.21. The molecular weight excluding hydrogens is 440 g/mol. The molecule has 4 N–H and O–H groups in total. The molecule has 0 atom stereocenters. The van der Waals surface area contributed by atoms with Crippen LogP contribution in [0.25, 0.3) is 0 Å². The van der Waals surface area contributed by atoms with Gasteiger partial charge in [0.2, 0.25) is 0 Å². The summed E-state index contributed by atoms with van der Waals surface area (Å²) in [4.78, 5) is 50.4. The first-order valence-corrected chi connectivity index (χ1v) is 11.9. The number of nitrogens with one attached hydrogen (secondary N) is 2. The van der Waals surface area contributed by atoms with Crippen molar-refractivity contribution >= 4 is 24.0 Å². The fourth-order valence-electron chi connectivity index (χ4n) is 3.51. The third-order valence-corrected chi connectivity index (χ3v) is 5.62. The van der Waals surface area contributed by atoms with Gasteiger partial charge in [-0.2, -0.15) is 0 Å². The van der Waals surface area contributed by atoms with E-state index < -0.39 is 29.5 Å². The van der Waals surface area contributed by atoms with E-state index in [0.29, 0.717) is 24.2 Å². The lowest BCUT2D eigenvalue weighted by molar-refractivity contribution is 0.0567. The molecule has 1 aliphatic heterocycles. The van der Waals surface area contributed by atoms with Crippen molar-refractivity contribution in [2.75, 3.05) is 32.8 Å². The molecule has 0 bridgehead atoms. The maximum Gasteiger partial charge on any atom is 0.407 e. The molecule has 1 aromatic rings. The van der Waals surface area contributed by atoms with Crippen LogP contribution < -0.4 is 16.4 Å². The second-order valence-corrected chi connectivity index (χ2v) is 8.44. The van der Waals surface area contributed by atoms with Crippen LogP contribution in [0, 0.1) is 0 Å². The first-order valence-electron chi connectivity index (χ1n) is 11.9. The van der Waals surface area contributed by atoms with Gasteiger partial charge >= 0.3 is 12.2 Å². The molecule has 10 heteroatoms. The third kappa shape index (κ3) is 8.02. The van der Waals surface area contributed by atoms with Crippen molar-refractivity contribution in [3.05, 3.63) is 35.4 Å². The number of nitrogens with zero attached hydrogens (tertiary/aromatic N) is 1. The number of rotatable bonds is 14. The third-order valence-electron chi connectivity index (χ3n) is 5.62. The number of unbranched alkanes of at least 4 members (excludes halogenated alkanes) is 2. The van der Waals surface area contributed by atoms with Crippen LogP contribution in [-0.4, -0.2) is 67.3 Å². The van der Waals surface area contributed by atoms with Gasteiger partial charge in [-0.1, -0.05) is 38.8 Å². The standard InChI is InChI=1S/C24H36N4O6/c1-3-5-13-26-22(31)33-15-11-24(25,12-16-34-23(32)27-14-6-4-2)17-28-20(29)18-9-7-8-10-19(18)21(28)30/h7-10H,3-6,11-17,25H2,1-2H3,(H,26,31)(H,27,32). The Morgan fingerprint density at radius 3 is 1.74 bits per heavy atom. The van der Waals surface area contributed by atoms with E-state index in [9.17, 15) is 19.2 Å². The zero-order valence-corrected chi connectivity index (χ0v) is 20.1. The topological polar surface area (TPSA) is 140 Å². The number of amides is 4. The Balaban J connectivity index is 1.98. The molecule has 188 valence electrons. The van der Waals surface area contributed by atoms with E-state index in [-0.39, 0.29) is 32.6 Å². The van der Waals surface area contributed by atoms with E-state index >= 15 is 0 Å². The molecule has 0 radical (unpaired) electrons. The van der Waals surface area contributed by atoms with Gasteiger partial charge in [0, 0.05) is 38.0 Å². The van der Waals surface area contributed by atoms with Gasteiger partial charge in [-0.3, -0.25) is 14.5 Å². The average molecular weight is 477 g/mol. The lowest BCUT2D eigenvalue weighted by Crippen LogP contribution is -2.53. The van der Waals surface area contributed by atoms with Gasteiger partial charge in [0.15, 0.2) is 0 Å². The van der Waals surface area contributed by atoms with E-state index in [2.05, 4.69) is 10.6 Å². The van der Waals surface area contributed by atoms with E-state index in [0.717, 1.165) is 30.6 Å². The summed E-state index contributed by atoms with van der Waals surface area (Å²) in [7, 11) is 0. The fourth-order valence-corrected chi connectivity index (χ4v) is 3.51. The van der Waals surface area contributed by atoms with E-state index in [1.807, 2.05) is 13.8 Å². The largest absolute Gasteiger partial charge is 0.449 e. The molecule has 34 heavy (non-hydrogen) atoms. The number of carbonyl (C=O) groups is 4. The Bertz CT molecular complexity index is 797. The van der Waals surface area contributed by atoms with Gasteiger partial charge in [-0.25, -0.2) is 9.59 Å². The van der Waals surface area contributed by atoms with E-state index in [1.165, 1.54) is 0 Å². The summed E-state index contributed by atoms with van der Waals surface area (Å²) < 4.78 is 10.4. The summed E-state index contributed by atoms with van der Waals surface area (Å²) in [5, 5.41) is 5.31. The number of carbonyl (C=O) groups excluding carboxylic acids is 4. The summed E-state index contributed by atoms with van der Waals surface area (Å²) >= 11 is 0. The number of benzene rings is 1. The van der Waals surface area contributed by atoms with Crippen LogP contribution in [0.4, 0.5) is 9.59 Å². The van der Waals surface area contributed by atoms with Gasteiger partial charge in [-0.05, 0) is 25.0 Å². The molecule has 1 heterocycles. The van der Waals surface area contributed by atoms with Crippen LogP contribution in [0.5, 0.6) is 0 Å². The minimum atomic E-state index is -1.12. The van der Waals surface area contributed by atoms with Gasteiger partial charge in [-0.15, -0.1) is 0 Å². The summed E-state index contributed by atoms with van der Waals surface area (Å²) in [5.74, 6) is -0.848. The lowest BCUT2D eigenvalue weighted by Gasteiger charge is -2.32. The molecular formula is C24H36N4O6. The maximum atomic E-state index is 12.8. The number of ether oxygens (including phenoxy) is 2. The molecule has 0 saturated heterocycles. The van der Waals surface area contributed by atoms with Crippen LogP contribution in [-0.2, 0) is 9.47 Å². The second-order valence-electron chi connectivity index (χ2n) is 8.44. The Labute approximate surface area is 200 Å². The van der Waals surface area contributed by atoms with Crippen molar-refractivity contribution in [1.82, 2.24) is 15.5 Å². The van der Waals surface area contributed by atoms with Crippen molar-refractivity contribution in [3.8, 4) is 0 Å². The molecule has 0 spiro atoms. The second kappa shape index (κ2) is 13.5. The Morgan fingerprint density at radius 1 is 0.882 bits per heavy atom. The number of hydrogen-bond acceptors (Lipinski definition) is 7. The highest BCUT2D eigenvalue weighted by Crippen LogP contribution is 2.26. The molecule has 0 saturated carbocycles. The molecule has 0 aromatic heterocycles. The molecule has 1 aliphatic rings. The van der Waals surface area contributed by atoms with Crippen molar-refractivity contribution in [2.45, 2.75) is 57.9 Å².